The van der Waals surface area contributed by atoms with Crippen LogP contribution in [0.5, 0.6) is 11.5 Å². The molecule has 0 aliphatic heterocycles. The van der Waals surface area contributed by atoms with Crippen LogP contribution in [0, 0.1) is 12.7 Å². The van der Waals surface area contributed by atoms with Crippen LogP contribution in [0.4, 0.5) is 4.39 Å². The third-order valence-corrected chi connectivity index (χ3v) is 3.24. The van der Waals surface area contributed by atoms with Crippen molar-refractivity contribution in [1.82, 2.24) is 0 Å². The first-order valence-corrected chi connectivity index (χ1v) is 6.75. The molecule has 0 unspecified atom stereocenters. The predicted octanol–water partition coefficient (Wildman–Crippen LogP) is 3.78. The zero-order valence-electron chi connectivity index (χ0n) is 12.4. The minimum atomic E-state index is -0.796. The molecule has 0 aliphatic carbocycles. The molecule has 0 amide bonds. The topological polar surface area (TPSA) is 38.7 Å². The molecule has 0 saturated heterocycles. The van der Waals surface area contributed by atoms with Gasteiger partial charge in [-0.25, -0.2) is 4.39 Å². The molecule has 0 bridgehead atoms. The van der Waals surface area contributed by atoms with Crippen molar-refractivity contribution in [3.8, 4) is 11.5 Å². The molecule has 21 heavy (non-hydrogen) atoms. The number of hydrogen-bond acceptors (Lipinski definition) is 3. The van der Waals surface area contributed by atoms with E-state index in [1.807, 2.05) is 25.1 Å². The van der Waals surface area contributed by atoms with Crippen molar-refractivity contribution in [2.24, 2.45) is 0 Å². The molecule has 0 radical (unpaired) electrons. The van der Waals surface area contributed by atoms with E-state index >= 15 is 0 Å². The lowest BCUT2D eigenvalue weighted by Crippen LogP contribution is -2.03. The van der Waals surface area contributed by atoms with Crippen LogP contribution in [0.1, 0.15) is 29.7 Å². The average Bonchev–Trinajstić information content (AvgIpc) is 2.46. The fourth-order valence-corrected chi connectivity index (χ4v) is 2.15. The maximum atomic E-state index is 13.3. The lowest BCUT2D eigenvalue weighted by Gasteiger charge is -2.15. The molecule has 112 valence electrons. The van der Waals surface area contributed by atoms with Crippen molar-refractivity contribution in [2.45, 2.75) is 26.6 Å². The normalized spacial score (nSPS) is 12.0. The highest BCUT2D eigenvalue weighted by atomic mass is 19.1. The molecule has 0 fully saturated rings. The first-order chi connectivity index (χ1) is 10.0. The van der Waals surface area contributed by atoms with Gasteiger partial charge < -0.3 is 14.6 Å². The van der Waals surface area contributed by atoms with Gasteiger partial charge in [-0.2, -0.15) is 0 Å². The molecule has 0 aliphatic rings. The zero-order chi connectivity index (χ0) is 15.4. The molecular formula is C17H19FO3. The van der Waals surface area contributed by atoms with E-state index in [1.54, 1.807) is 14.0 Å². The molecule has 0 heterocycles. The molecule has 4 heteroatoms. The number of hydrogen-bond donors (Lipinski definition) is 1. The number of aliphatic hydroxyl groups is 1. The monoisotopic (exact) mass is 290 g/mol. The summed E-state index contributed by atoms with van der Waals surface area (Å²) in [5.74, 6) is 0.808. The fourth-order valence-electron chi connectivity index (χ4n) is 2.15. The molecule has 2 aromatic rings. The van der Waals surface area contributed by atoms with Crippen molar-refractivity contribution in [3.05, 3.63) is 58.9 Å². The van der Waals surface area contributed by atoms with Crippen LogP contribution in [0.3, 0.4) is 0 Å². The maximum Gasteiger partial charge on any atom is 0.125 e. The van der Waals surface area contributed by atoms with E-state index in [1.165, 1.54) is 18.2 Å². The van der Waals surface area contributed by atoms with Gasteiger partial charge in [0.15, 0.2) is 0 Å². The largest absolute Gasteiger partial charge is 0.496 e. The fraction of sp³-hybridized carbons (Fsp3) is 0.294. The van der Waals surface area contributed by atoms with Gasteiger partial charge in [-0.3, -0.25) is 0 Å². The summed E-state index contributed by atoms with van der Waals surface area (Å²) in [5, 5.41) is 9.70. The smallest absolute Gasteiger partial charge is 0.125 e. The van der Waals surface area contributed by atoms with E-state index in [2.05, 4.69) is 0 Å². The van der Waals surface area contributed by atoms with Gasteiger partial charge in [0.25, 0.3) is 0 Å². The van der Waals surface area contributed by atoms with Gasteiger partial charge >= 0.3 is 0 Å². The molecule has 1 atom stereocenters. The summed E-state index contributed by atoms with van der Waals surface area (Å²) in [7, 11) is 1.60. The first-order valence-electron chi connectivity index (χ1n) is 6.75. The molecular weight excluding hydrogens is 271 g/mol. The third kappa shape index (κ3) is 3.73. The van der Waals surface area contributed by atoms with Gasteiger partial charge in [0.05, 0.1) is 13.2 Å². The Bertz CT molecular complexity index is 623. The van der Waals surface area contributed by atoms with Crippen LogP contribution in [-0.4, -0.2) is 12.2 Å². The lowest BCUT2D eigenvalue weighted by molar-refractivity contribution is 0.189. The number of aliphatic hydroxyl groups excluding tert-OH is 1. The minimum Gasteiger partial charge on any atom is -0.496 e. The standard InChI is InChI=1S/C17H19FO3/c1-11-4-6-16(20-3)13(8-11)10-21-17-7-5-14(18)9-15(17)12(2)19/h4-9,12,19H,10H2,1-3H3/t12-/m0/s1. The number of methoxy groups -OCH3 is 1. The molecule has 0 aromatic heterocycles. The second kappa shape index (κ2) is 6.59. The molecule has 1 N–H and O–H groups in total. The minimum absolute atomic E-state index is 0.288. The number of ether oxygens (including phenoxy) is 2. The van der Waals surface area contributed by atoms with Gasteiger partial charge in [0.2, 0.25) is 0 Å². The highest BCUT2D eigenvalue weighted by Gasteiger charge is 2.12. The Morgan fingerprint density at radius 2 is 1.86 bits per heavy atom. The van der Waals surface area contributed by atoms with Crippen LogP contribution < -0.4 is 9.47 Å². The van der Waals surface area contributed by atoms with E-state index in [4.69, 9.17) is 9.47 Å². The Labute approximate surface area is 124 Å². The van der Waals surface area contributed by atoms with Crippen LogP contribution in [0.2, 0.25) is 0 Å². The summed E-state index contributed by atoms with van der Waals surface area (Å²) in [6, 6.07) is 9.95. The van der Waals surface area contributed by atoms with Gasteiger partial charge in [-0.15, -0.1) is 0 Å². The van der Waals surface area contributed by atoms with Crippen molar-refractivity contribution in [1.29, 1.82) is 0 Å². The van der Waals surface area contributed by atoms with Crippen molar-refractivity contribution in [3.63, 3.8) is 0 Å². The quantitative estimate of drug-likeness (QED) is 0.911. The van der Waals surface area contributed by atoms with Gasteiger partial charge in [-0.05, 0) is 44.2 Å². The SMILES string of the molecule is COc1ccc(C)cc1COc1ccc(F)cc1[C@H](C)O. The Balaban J connectivity index is 2.22. The van der Waals surface area contributed by atoms with Crippen LogP contribution >= 0.6 is 0 Å². The van der Waals surface area contributed by atoms with Crippen molar-refractivity contribution < 1.29 is 19.0 Å². The number of benzene rings is 2. The number of rotatable bonds is 5. The first kappa shape index (κ1) is 15.3. The van der Waals surface area contributed by atoms with E-state index in [9.17, 15) is 9.50 Å². The van der Waals surface area contributed by atoms with Crippen LogP contribution in [0.15, 0.2) is 36.4 Å². The van der Waals surface area contributed by atoms with Crippen LogP contribution in [-0.2, 0) is 6.61 Å². The Hall–Kier alpha value is -2.07. The second-order valence-electron chi connectivity index (χ2n) is 4.96. The molecule has 2 aromatic carbocycles. The van der Waals surface area contributed by atoms with E-state index in [0.717, 1.165) is 16.9 Å². The molecule has 3 nitrogen and oxygen atoms in total. The summed E-state index contributed by atoms with van der Waals surface area (Å²) in [6.07, 6.45) is -0.796. The van der Waals surface area contributed by atoms with E-state index in [0.29, 0.717) is 11.3 Å². The van der Waals surface area contributed by atoms with Gasteiger partial charge in [0, 0.05) is 11.1 Å². The predicted molar refractivity (Wildman–Crippen MR) is 79.1 cm³/mol. The van der Waals surface area contributed by atoms with Gasteiger partial charge in [-0.1, -0.05) is 11.6 Å². The summed E-state index contributed by atoms with van der Waals surface area (Å²) in [5.41, 5.74) is 2.43. The zero-order valence-corrected chi connectivity index (χ0v) is 12.4. The Kier molecular flexibility index (Phi) is 4.81. The van der Waals surface area contributed by atoms with Gasteiger partial charge in [0.1, 0.15) is 23.9 Å². The Morgan fingerprint density at radius 1 is 1.14 bits per heavy atom. The average molecular weight is 290 g/mol. The number of aryl methyl sites for hydroxylation is 1. The van der Waals surface area contributed by atoms with Crippen LogP contribution in [0.25, 0.3) is 0 Å². The summed E-state index contributed by atoms with van der Waals surface area (Å²) in [6.45, 7) is 3.85. The molecule has 2 rings (SSSR count). The summed E-state index contributed by atoms with van der Waals surface area (Å²) < 4.78 is 24.3. The van der Waals surface area contributed by atoms with Crippen molar-refractivity contribution in [2.75, 3.05) is 7.11 Å². The van der Waals surface area contributed by atoms with Crippen molar-refractivity contribution >= 4 is 0 Å². The second-order valence-corrected chi connectivity index (χ2v) is 4.96. The molecule has 0 spiro atoms. The maximum absolute atomic E-state index is 13.3. The Morgan fingerprint density at radius 3 is 2.52 bits per heavy atom. The van der Waals surface area contributed by atoms with E-state index < -0.39 is 11.9 Å². The summed E-state index contributed by atoms with van der Waals surface area (Å²) >= 11 is 0. The highest BCUT2D eigenvalue weighted by molar-refractivity contribution is 5.39. The highest BCUT2D eigenvalue weighted by Crippen LogP contribution is 2.28. The van der Waals surface area contributed by atoms with E-state index in [-0.39, 0.29) is 6.61 Å². The number of halogens is 1. The lowest BCUT2D eigenvalue weighted by atomic mass is 10.1. The third-order valence-electron chi connectivity index (χ3n) is 3.24. The summed E-state index contributed by atoms with van der Waals surface area (Å²) in [4.78, 5) is 0. The molecule has 0 saturated carbocycles.